The Morgan fingerprint density at radius 1 is 1.50 bits per heavy atom. The van der Waals surface area contributed by atoms with E-state index in [0.29, 0.717) is 5.89 Å². The molecule has 0 aliphatic carbocycles. The Hall–Kier alpha value is -0.940. The Labute approximate surface area is 96.2 Å². The fourth-order valence-electron chi connectivity index (χ4n) is 2.14. The van der Waals surface area contributed by atoms with E-state index in [-0.39, 0.29) is 5.54 Å². The number of hydrogen-bond donors (Lipinski definition) is 1. The zero-order valence-corrected chi connectivity index (χ0v) is 10.3. The van der Waals surface area contributed by atoms with Crippen LogP contribution in [0.4, 0.5) is 0 Å². The maximum absolute atomic E-state index is 4.95. The summed E-state index contributed by atoms with van der Waals surface area (Å²) in [4.78, 5) is 6.66. The van der Waals surface area contributed by atoms with Crippen LogP contribution in [-0.4, -0.2) is 46.8 Å². The molecule has 0 unspecified atom stereocenters. The van der Waals surface area contributed by atoms with Gasteiger partial charge in [0.15, 0.2) is 5.82 Å². The van der Waals surface area contributed by atoms with Gasteiger partial charge in [0, 0.05) is 45.1 Å². The lowest BCUT2D eigenvalue weighted by atomic mass is 10.0. The predicted molar refractivity (Wildman–Crippen MR) is 61.3 cm³/mol. The zero-order valence-electron chi connectivity index (χ0n) is 10.3. The smallest absolute Gasteiger partial charge is 0.223 e. The summed E-state index contributed by atoms with van der Waals surface area (Å²) in [6.45, 7) is 10.5. The molecule has 0 spiro atoms. The molecule has 5 heteroatoms. The van der Waals surface area contributed by atoms with Gasteiger partial charge in [0.1, 0.15) is 0 Å². The molecule has 1 aromatic rings. The molecular formula is C11H20N4O. The van der Waals surface area contributed by atoms with Crippen molar-refractivity contribution in [3.05, 3.63) is 11.7 Å². The second-order valence-electron chi connectivity index (χ2n) is 5.07. The summed E-state index contributed by atoms with van der Waals surface area (Å²) in [5, 5.41) is 7.41. The van der Waals surface area contributed by atoms with Crippen molar-refractivity contribution < 1.29 is 4.52 Å². The van der Waals surface area contributed by atoms with E-state index in [9.17, 15) is 0 Å². The molecule has 0 radical (unpaired) electrons. The van der Waals surface area contributed by atoms with Crippen LogP contribution in [0.3, 0.4) is 0 Å². The Morgan fingerprint density at radius 3 is 2.94 bits per heavy atom. The minimum atomic E-state index is 0.214. The molecule has 2 heterocycles. The molecular weight excluding hydrogens is 204 g/mol. The lowest BCUT2D eigenvalue weighted by Gasteiger charge is -2.39. The molecule has 1 aromatic heterocycles. The van der Waals surface area contributed by atoms with Crippen molar-refractivity contribution in [2.75, 3.05) is 26.2 Å². The van der Waals surface area contributed by atoms with E-state index in [1.165, 1.54) is 0 Å². The van der Waals surface area contributed by atoms with Crippen LogP contribution in [0.25, 0.3) is 0 Å². The number of rotatable bonds is 3. The molecule has 90 valence electrons. The van der Waals surface area contributed by atoms with Crippen molar-refractivity contribution in [1.29, 1.82) is 0 Å². The monoisotopic (exact) mass is 224 g/mol. The SMILES string of the molecule is Cc1nc(CCN2CCNC(C)(C)C2)no1. The van der Waals surface area contributed by atoms with E-state index in [4.69, 9.17) is 4.52 Å². The maximum atomic E-state index is 4.95. The Balaban J connectivity index is 1.82. The molecule has 0 amide bonds. The summed E-state index contributed by atoms with van der Waals surface area (Å²) in [6.07, 6.45) is 0.868. The fraction of sp³-hybridized carbons (Fsp3) is 0.818. The molecule has 0 bridgehead atoms. The summed E-state index contributed by atoms with van der Waals surface area (Å²) in [5.74, 6) is 1.46. The lowest BCUT2D eigenvalue weighted by Crippen LogP contribution is -2.57. The molecule has 1 aliphatic heterocycles. The molecule has 0 atom stereocenters. The summed E-state index contributed by atoms with van der Waals surface area (Å²) < 4.78 is 4.95. The molecule has 2 rings (SSSR count). The van der Waals surface area contributed by atoms with Crippen molar-refractivity contribution in [2.45, 2.75) is 32.7 Å². The second-order valence-corrected chi connectivity index (χ2v) is 5.07. The first-order valence-electron chi connectivity index (χ1n) is 5.82. The third-order valence-corrected chi connectivity index (χ3v) is 2.87. The van der Waals surface area contributed by atoms with Crippen molar-refractivity contribution in [3.8, 4) is 0 Å². The van der Waals surface area contributed by atoms with Gasteiger partial charge in [-0.1, -0.05) is 5.16 Å². The average molecular weight is 224 g/mol. The van der Waals surface area contributed by atoms with Gasteiger partial charge in [0.25, 0.3) is 0 Å². The number of aromatic nitrogens is 2. The number of piperazine rings is 1. The van der Waals surface area contributed by atoms with E-state index < -0.39 is 0 Å². The van der Waals surface area contributed by atoms with Gasteiger partial charge in [-0.2, -0.15) is 4.98 Å². The van der Waals surface area contributed by atoms with Crippen LogP contribution in [0, 0.1) is 6.92 Å². The van der Waals surface area contributed by atoms with Crippen LogP contribution < -0.4 is 5.32 Å². The molecule has 16 heavy (non-hydrogen) atoms. The predicted octanol–water partition coefficient (Wildman–Crippen LogP) is 0.604. The summed E-state index contributed by atoms with van der Waals surface area (Å²) in [6, 6.07) is 0. The third-order valence-electron chi connectivity index (χ3n) is 2.87. The Kier molecular flexibility index (Phi) is 3.25. The molecule has 1 saturated heterocycles. The van der Waals surface area contributed by atoms with E-state index in [1.807, 2.05) is 6.92 Å². The molecule has 0 saturated carbocycles. The highest BCUT2D eigenvalue weighted by Gasteiger charge is 2.25. The zero-order chi connectivity index (χ0) is 11.6. The number of nitrogens with one attached hydrogen (secondary N) is 1. The quantitative estimate of drug-likeness (QED) is 0.815. The van der Waals surface area contributed by atoms with E-state index in [1.54, 1.807) is 0 Å². The van der Waals surface area contributed by atoms with E-state index in [2.05, 4.69) is 34.2 Å². The van der Waals surface area contributed by atoms with Gasteiger partial charge in [-0.3, -0.25) is 4.90 Å². The first-order chi connectivity index (χ1) is 7.55. The van der Waals surface area contributed by atoms with Gasteiger partial charge < -0.3 is 9.84 Å². The van der Waals surface area contributed by atoms with Gasteiger partial charge >= 0.3 is 0 Å². The molecule has 1 fully saturated rings. The summed E-state index contributed by atoms with van der Waals surface area (Å²) in [5.41, 5.74) is 0.214. The maximum Gasteiger partial charge on any atom is 0.223 e. The normalized spacial score (nSPS) is 21.2. The topological polar surface area (TPSA) is 54.2 Å². The number of aryl methyl sites for hydroxylation is 1. The van der Waals surface area contributed by atoms with Crippen LogP contribution in [0.5, 0.6) is 0 Å². The van der Waals surface area contributed by atoms with Crippen molar-refractivity contribution >= 4 is 0 Å². The summed E-state index contributed by atoms with van der Waals surface area (Å²) in [7, 11) is 0. The minimum Gasteiger partial charge on any atom is -0.340 e. The second kappa shape index (κ2) is 4.51. The Bertz CT molecular complexity index is 348. The number of nitrogens with zero attached hydrogens (tertiary/aromatic N) is 3. The van der Waals surface area contributed by atoms with Crippen LogP contribution in [0.15, 0.2) is 4.52 Å². The third kappa shape index (κ3) is 3.02. The highest BCUT2D eigenvalue weighted by Crippen LogP contribution is 2.10. The number of hydrogen-bond acceptors (Lipinski definition) is 5. The molecule has 5 nitrogen and oxygen atoms in total. The average Bonchev–Trinajstić information content (AvgIpc) is 2.60. The Morgan fingerprint density at radius 2 is 2.31 bits per heavy atom. The molecule has 0 aromatic carbocycles. The van der Waals surface area contributed by atoms with E-state index in [0.717, 1.165) is 38.4 Å². The van der Waals surface area contributed by atoms with Crippen molar-refractivity contribution in [1.82, 2.24) is 20.4 Å². The first kappa shape index (κ1) is 11.5. The lowest BCUT2D eigenvalue weighted by molar-refractivity contribution is 0.155. The minimum absolute atomic E-state index is 0.214. The van der Waals surface area contributed by atoms with Gasteiger partial charge in [0.05, 0.1) is 0 Å². The fourth-order valence-corrected chi connectivity index (χ4v) is 2.14. The highest BCUT2D eigenvalue weighted by atomic mass is 16.5. The van der Waals surface area contributed by atoms with Crippen molar-refractivity contribution in [2.24, 2.45) is 0 Å². The van der Waals surface area contributed by atoms with Crippen LogP contribution in [-0.2, 0) is 6.42 Å². The largest absolute Gasteiger partial charge is 0.340 e. The van der Waals surface area contributed by atoms with Crippen LogP contribution >= 0.6 is 0 Å². The van der Waals surface area contributed by atoms with Crippen molar-refractivity contribution in [3.63, 3.8) is 0 Å². The van der Waals surface area contributed by atoms with Crippen LogP contribution in [0.1, 0.15) is 25.6 Å². The van der Waals surface area contributed by atoms with E-state index >= 15 is 0 Å². The summed E-state index contributed by atoms with van der Waals surface area (Å²) >= 11 is 0. The van der Waals surface area contributed by atoms with Gasteiger partial charge in [0.2, 0.25) is 5.89 Å². The van der Waals surface area contributed by atoms with Gasteiger partial charge in [-0.05, 0) is 13.8 Å². The van der Waals surface area contributed by atoms with Gasteiger partial charge in [-0.15, -0.1) is 0 Å². The standard InChI is InChI=1S/C11H20N4O/c1-9-13-10(14-16-9)4-6-15-7-5-12-11(2,3)8-15/h12H,4-8H2,1-3H3. The molecule has 1 aliphatic rings. The highest BCUT2D eigenvalue weighted by molar-refractivity contribution is 4.89. The first-order valence-corrected chi connectivity index (χ1v) is 5.82. The van der Waals surface area contributed by atoms with Gasteiger partial charge in [-0.25, -0.2) is 0 Å². The molecule has 1 N–H and O–H groups in total. The van der Waals surface area contributed by atoms with Crippen LogP contribution in [0.2, 0.25) is 0 Å².